The van der Waals surface area contributed by atoms with E-state index in [4.69, 9.17) is 5.11 Å². The fraction of sp³-hybridized carbons (Fsp3) is 0.417. The Morgan fingerprint density at radius 1 is 1.28 bits per heavy atom. The van der Waals surface area contributed by atoms with E-state index in [0.29, 0.717) is 19.3 Å². The van der Waals surface area contributed by atoms with Crippen molar-refractivity contribution in [2.24, 2.45) is 5.92 Å². The topological polar surface area (TPSA) is 77.8 Å². The zero-order valence-corrected chi connectivity index (χ0v) is 18.6. The Morgan fingerprint density at radius 3 is 2.66 bits per heavy atom. The first-order valence-electron chi connectivity index (χ1n) is 10.6. The summed E-state index contributed by atoms with van der Waals surface area (Å²) >= 11 is 1.14. The number of thiophene rings is 1. The van der Waals surface area contributed by atoms with Gasteiger partial charge >= 0.3 is 11.9 Å². The van der Waals surface area contributed by atoms with E-state index in [0.717, 1.165) is 26.7 Å². The molecule has 172 valence electrons. The summed E-state index contributed by atoms with van der Waals surface area (Å²) < 4.78 is 28.2. The summed E-state index contributed by atoms with van der Waals surface area (Å²) in [6.07, 6.45) is 3.19. The van der Waals surface area contributed by atoms with Gasteiger partial charge in [-0.15, -0.1) is 11.3 Å². The number of aliphatic hydroxyl groups is 1. The maximum absolute atomic E-state index is 14.1. The maximum atomic E-state index is 14.1. The number of aromatic carboxylic acids is 1. The number of hydrogen-bond donors (Lipinski definition) is 2. The van der Waals surface area contributed by atoms with Crippen molar-refractivity contribution in [2.45, 2.75) is 50.7 Å². The molecule has 8 heteroatoms. The SMILES string of the molecule is C[C@@H](Cc1ccccc1)[C@H](O)C=CC1CC(F)(F)C(=O)N1CCCc1ccc(C(=O)O)s1. The number of benzene rings is 1. The molecule has 2 heterocycles. The fourth-order valence-corrected chi connectivity index (χ4v) is 4.74. The number of hydrogen-bond acceptors (Lipinski definition) is 4. The first-order valence-corrected chi connectivity index (χ1v) is 11.4. The summed E-state index contributed by atoms with van der Waals surface area (Å²) in [6, 6.07) is 12.1. The van der Waals surface area contributed by atoms with Crippen molar-refractivity contribution in [3.8, 4) is 0 Å². The second kappa shape index (κ2) is 10.4. The largest absolute Gasteiger partial charge is 0.477 e. The number of likely N-dealkylation sites (tertiary alicyclic amines) is 1. The molecule has 32 heavy (non-hydrogen) atoms. The van der Waals surface area contributed by atoms with Gasteiger partial charge in [0.25, 0.3) is 5.91 Å². The number of carboxylic acids is 1. The van der Waals surface area contributed by atoms with Crippen LogP contribution in [0.15, 0.2) is 54.6 Å². The molecule has 0 radical (unpaired) electrons. The number of nitrogens with zero attached hydrogens (tertiary/aromatic N) is 1. The van der Waals surface area contributed by atoms with Gasteiger partial charge in [0.1, 0.15) is 4.88 Å². The molecule has 2 aromatic rings. The minimum Gasteiger partial charge on any atom is -0.477 e. The molecule has 0 aliphatic carbocycles. The molecule has 0 bridgehead atoms. The van der Waals surface area contributed by atoms with Crippen LogP contribution in [-0.2, 0) is 17.6 Å². The second-order valence-corrected chi connectivity index (χ2v) is 9.36. The Morgan fingerprint density at radius 2 is 2.00 bits per heavy atom. The molecule has 1 unspecified atom stereocenters. The number of halogens is 2. The van der Waals surface area contributed by atoms with Crippen LogP contribution in [0.5, 0.6) is 0 Å². The molecule has 0 saturated carbocycles. The maximum Gasteiger partial charge on any atom is 0.345 e. The van der Waals surface area contributed by atoms with Crippen LogP contribution in [0.3, 0.4) is 0 Å². The lowest BCUT2D eigenvalue weighted by Gasteiger charge is -2.22. The monoisotopic (exact) mass is 463 g/mol. The Labute approximate surface area is 190 Å². The van der Waals surface area contributed by atoms with E-state index in [-0.39, 0.29) is 17.3 Å². The van der Waals surface area contributed by atoms with Crippen molar-refractivity contribution >= 4 is 23.2 Å². The first kappa shape index (κ1) is 24.1. The van der Waals surface area contributed by atoms with Gasteiger partial charge in [-0.1, -0.05) is 49.4 Å². The number of carbonyl (C=O) groups is 2. The molecule has 1 aromatic heterocycles. The normalized spacial score (nSPS) is 20.1. The van der Waals surface area contributed by atoms with Gasteiger partial charge in [0.05, 0.1) is 12.1 Å². The number of alkyl halides is 2. The molecule has 1 aromatic carbocycles. The Bertz CT molecular complexity index is 960. The van der Waals surface area contributed by atoms with Gasteiger partial charge in [-0.25, -0.2) is 4.79 Å². The lowest BCUT2D eigenvalue weighted by atomic mass is 9.95. The third-order valence-electron chi connectivity index (χ3n) is 5.65. The molecule has 0 spiro atoms. The van der Waals surface area contributed by atoms with Crippen LogP contribution >= 0.6 is 11.3 Å². The van der Waals surface area contributed by atoms with E-state index < -0.39 is 36.4 Å². The molecule has 3 rings (SSSR count). The van der Waals surface area contributed by atoms with Crippen molar-refractivity contribution in [1.29, 1.82) is 0 Å². The predicted octanol–water partition coefficient (Wildman–Crippen LogP) is 4.41. The van der Waals surface area contributed by atoms with Gasteiger partial charge in [0.2, 0.25) is 0 Å². The van der Waals surface area contributed by atoms with E-state index in [1.807, 2.05) is 37.3 Å². The molecular weight excluding hydrogens is 436 g/mol. The van der Waals surface area contributed by atoms with Crippen molar-refractivity contribution < 1.29 is 28.6 Å². The summed E-state index contributed by atoms with van der Waals surface area (Å²) in [4.78, 5) is 25.4. The number of aliphatic hydroxyl groups excluding tert-OH is 1. The minimum absolute atomic E-state index is 0.109. The molecule has 1 fully saturated rings. The molecular formula is C24H27F2NO4S. The van der Waals surface area contributed by atoms with Crippen molar-refractivity contribution in [3.05, 3.63) is 69.9 Å². The van der Waals surface area contributed by atoms with Gasteiger partial charge in [0, 0.05) is 17.8 Å². The van der Waals surface area contributed by atoms with Crippen LogP contribution in [0.4, 0.5) is 8.78 Å². The highest BCUT2D eigenvalue weighted by molar-refractivity contribution is 7.13. The molecule has 1 aliphatic heterocycles. The number of carbonyl (C=O) groups excluding carboxylic acids is 1. The number of aryl methyl sites for hydroxylation is 1. The molecule has 3 atom stereocenters. The highest BCUT2D eigenvalue weighted by atomic mass is 32.1. The third kappa shape index (κ3) is 6.01. The predicted molar refractivity (Wildman–Crippen MR) is 119 cm³/mol. The van der Waals surface area contributed by atoms with Crippen LogP contribution in [0.25, 0.3) is 0 Å². The molecule has 2 N–H and O–H groups in total. The van der Waals surface area contributed by atoms with E-state index in [2.05, 4.69) is 0 Å². The van der Waals surface area contributed by atoms with Gasteiger partial charge < -0.3 is 15.1 Å². The lowest BCUT2D eigenvalue weighted by Crippen LogP contribution is -2.37. The summed E-state index contributed by atoms with van der Waals surface area (Å²) in [7, 11) is 0. The van der Waals surface area contributed by atoms with E-state index in [1.165, 1.54) is 18.2 Å². The quantitative estimate of drug-likeness (QED) is 0.512. The Hall–Kier alpha value is -2.58. The van der Waals surface area contributed by atoms with Crippen molar-refractivity contribution in [1.82, 2.24) is 4.90 Å². The Balaban J connectivity index is 1.59. The average molecular weight is 464 g/mol. The van der Waals surface area contributed by atoms with Gasteiger partial charge in [0.15, 0.2) is 0 Å². The number of amides is 1. The van der Waals surface area contributed by atoms with E-state index in [9.17, 15) is 23.5 Å². The summed E-state index contributed by atoms with van der Waals surface area (Å²) in [5.41, 5.74) is 1.08. The zero-order valence-electron chi connectivity index (χ0n) is 17.8. The molecule has 1 aliphatic rings. The lowest BCUT2D eigenvalue weighted by molar-refractivity contribution is -0.148. The summed E-state index contributed by atoms with van der Waals surface area (Å²) in [5, 5.41) is 19.5. The highest BCUT2D eigenvalue weighted by Gasteiger charge is 2.52. The molecule has 1 saturated heterocycles. The highest BCUT2D eigenvalue weighted by Crippen LogP contribution is 2.34. The third-order valence-corrected chi connectivity index (χ3v) is 6.78. The van der Waals surface area contributed by atoms with Gasteiger partial charge in [-0.2, -0.15) is 8.78 Å². The van der Waals surface area contributed by atoms with Crippen LogP contribution in [0, 0.1) is 5.92 Å². The summed E-state index contributed by atoms with van der Waals surface area (Å²) in [5.74, 6) is -5.73. The minimum atomic E-state index is -3.42. The number of rotatable bonds is 10. The van der Waals surface area contributed by atoms with Crippen LogP contribution in [-0.4, -0.2) is 51.6 Å². The van der Waals surface area contributed by atoms with Crippen molar-refractivity contribution in [3.63, 3.8) is 0 Å². The smallest absolute Gasteiger partial charge is 0.345 e. The average Bonchev–Trinajstić information content (AvgIpc) is 3.31. The van der Waals surface area contributed by atoms with Crippen LogP contribution < -0.4 is 0 Å². The molecule has 5 nitrogen and oxygen atoms in total. The van der Waals surface area contributed by atoms with Crippen LogP contribution in [0.2, 0.25) is 0 Å². The van der Waals surface area contributed by atoms with E-state index >= 15 is 0 Å². The zero-order chi connectivity index (χ0) is 23.3. The van der Waals surface area contributed by atoms with E-state index in [1.54, 1.807) is 6.07 Å². The van der Waals surface area contributed by atoms with Crippen LogP contribution in [0.1, 0.15) is 39.9 Å². The standard InChI is InChI=1S/C24H27F2NO4S/c1-16(14-17-6-3-2-4-7-17)20(28)11-9-18-15-24(25,26)23(31)27(18)13-5-8-19-10-12-21(32-19)22(29)30/h2-4,6-7,9-12,16,18,20,28H,5,8,13-15H2,1H3,(H,29,30)/t16-,18?,20+/m0/s1. The van der Waals surface area contributed by atoms with Crippen molar-refractivity contribution in [2.75, 3.05) is 6.54 Å². The van der Waals surface area contributed by atoms with Gasteiger partial charge in [-0.3, -0.25) is 4.79 Å². The number of carboxylic acid groups (broad SMARTS) is 1. The molecule has 1 amide bonds. The fourth-order valence-electron chi connectivity index (χ4n) is 3.85. The van der Waals surface area contributed by atoms with Gasteiger partial charge in [-0.05, 0) is 42.9 Å². The Kier molecular flexibility index (Phi) is 7.79. The first-order chi connectivity index (χ1) is 15.2. The summed E-state index contributed by atoms with van der Waals surface area (Å²) in [6.45, 7) is 2.03. The second-order valence-electron chi connectivity index (χ2n) is 8.19.